The van der Waals surface area contributed by atoms with Crippen molar-refractivity contribution < 1.29 is 9.53 Å². The molecule has 6 nitrogen and oxygen atoms in total. The van der Waals surface area contributed by atoms with E-state index in [1.54, 1.807) is 0 Å². The van der Waals surface area contributed by atoms with Crippen molar-refractivity contribution in [1.82, 2.24) is 9.97 Å². The number of anilines is 2. The molecule has 1 aromatic heterocycles. The predicted molar refractivity (Wildman–Crippen MR) is 97.6 cm³/mol. The first-order valence-corrected chi connectivity index (χ1v) is 8.59. The molecule has 1 aromatic carbocycles. The van der Waals surface area contributed by atoms with Gasteiger partial charge in [-0.1, -0.05) is 12.1 Å². The Morgan fingerprint density at radius 3 is 2.52 bits per heavy atom. The Morgan fingerprint density at radius 2 is 1.88 bits per heavy atom. The van der Waals surface area contributed by atoms with E-state index in [0.29, 0.717) is 6.42 Å². The van der Waals surface area contributed by atoms with Gasteiger partial charge in [0, 0.05) is 36.5 Å². The van der Waals surface area contributed by atoms with E-state index in [4.69, 9.17) is 15.5 Å². The first-order chi connectivity index (χ1) is 12.1. The van der Waals surface area contributed by atoms with Gasteiger partial charge in [-0.3, -0.25) is 4.79 Å². The van der Waals surface area contributed by atoms with E-state index in [1.165, 1.54) is 7.11 Å². The molecule has 2 N–H and O–H groups in total. The van der Waals surface area contributed by atoms with Crippen molar-refractivity contribution in [3.05, 3.63) is 46.9 Å². The molecule has 0 amide bonds. The fraction of sp³-hybridized carbons (Fsp3) is 0.421. The van der Waals surface area contributed by atoms with Crippen molar-refractivity contribution in [1.29, 1.82) is 0 Å². The summed E-state index contributed by atoms with van der Waals surface area (Å²) < 4.78 is 4.84. The van der Waals surface area contributed by atoms with Crippen molar-refractivity contribution in [3.8, 4) is 0 Å². The molecule has 3 rings (SSSR count). The number of aromatic nitrogens is 2. The molecule has 6 heteroatoms. The van der Waals surface area contributed by atoms with Crippen LogP contribution in [0, 0.1) is 6.92 Å². The maximum Gasteiger partial charge on any atom is 0.310 e. The second-order valence-electron chi connectivity index (χ2n) is 6.39. The van der Waals surface area contributed by atoms with Crippen LogP contribution in [0.5, 0.6) is 0 Å². The number of esters is 1. The first-order valence-electron chi connectivity index (χ1n) is 8.59. The summed E-state index contributed by atoms with van der Waals surface area (Å²) in [5, 5.41) is 0. The number of ether oxygens (including phenoxy) is 1. The SMILES string of the molecule is COC(=O)Cc1c(C)nc(Cc2ccc(N)cc2)nc1N1CCCC1. The third-order valence-electron chi connectivity index (χ3n) is 4.53. The number of nitrogens with zero attached hydrogens (tertiary/aromatic N) is 3. The fourth-order valence-electron chi connectivity index (χ4n) is 3.15. The molecule has 1 fully saturated rings. The standard InChI is InChI=1S/C19H24N4O2/c1-13-16(12-18(24)25-2)19(23-9-3-4-10-23)22-17(21-13)11-14-5-7-15(20)8-6-14/h5-8H,3-4,9-12,20H2,1-2H3. The molecule has 0 radical (unpaired) electrons. The lowest BCUT2D eigenvalue weighted by molar-refractivity contribution is -0.139. The Hall–Kier alpha value is -2.63. The smallest absolute Gasteiger partial charge is 0.310 e. The lowest BCUT2D eigenvalue weighted by Gasteiger charge is -2.22. The van der Waals surface area contributed by atoms with Gasteiger partial charge in [-0.25, -0.2) is 9.97 Å². The van der Waals surface area contributed by atoms with Crippen LogP contribution in [0.25, 0.3) is 0 Å². The normalized spacial score (nSPS) is 13.9. The topological polar surface area (TPSA) is 81.3 Å². The summed E-state index contributed by atoms with van der Waals surface area (Å²) in [6.07, 6.45) is 3.14. The van der Waals surface area contributed by atoms with Crippen molar-refractivity contribution in [2.24, 2.45) is 0 Å². The van der Waals surface area contributed by atoms with E-state index in [9.17, 15) is 4.79 Å². The van der Waals surface area contributed by atoms with Crippen LogP contribution in [0.2, 0.25) is 0 Å². The van der Waals surface area contributed by atoms with Crippen LogP contribution in [0.3, 0.4) is 0 Å². The largest absolute Gasteiger partial charge is 0.469 e. The van der Waals surface area contributed by atoms with Crippen LogP contribution in [0.1, 0.15) is 35.5 Å². The molecule has 25 heavy (non-hydrogen) atoms. The van der Waals surface area contributed by atoms with Crippen molar-refractivity contribution >= 4 is 17.5 Å². The van der Waals surface area contributed by atoms with Gasteiger partial charge in [-0.05, 0) is 37.5 Å². The minimum Gasteiger partial charge on any atom is -0.469 e. The van der Waals surface area contributed by atoms with Crippen molar-refractivity contribution in [2.45, 2.75) is 32.6 Å². The average molecular weight is 340 g/mol. The Bertz CT molecular complexity index is 753. The van der Waals surface area contributed by atoms with E-state index in [2.05, 4.69) is 9.88 Å². The third kappa shape index (κ3) is 4.07. The summed E-state index contributed by atoms with van der Waals surface area (Å²) >= 11 is 0. The average Bonchev–Trinajstić information content (AvgIpc) is 3.13. The Kier molecular flexibility index (Phi) is 5.16. The monoisotopic (exact) mass is 340 g/mol. The van der Waals surface area contributed by atoms with E-state index in [0.717, 1.165) is 60.1 Å². The van der Waals surface area contributed by atoms with Gasteiger partial charge in [-0.2, -0.15) is 0 Å². The summed E-state index contributed by atoms with van der Waals surface area (Å²) in [4.78, 5) is 23.5. The molecule has 0 bridgehead atoms. The molecule has 1 aliphatic heterocycles. The van der Waals surface area contributed by atoms with Crippen LogP contribution in [0.4, 0.5) is 11.5 Å². The quantitative estimate of drug-likeness (QED) is 0.664. The van der Waals surface area contributed by atoms with E-state index in [1.807, 2.05) is 31.2 Å². The molecule has 0 spiro atoms. The minimum atomic E-state index is -0.265. The number of nitrogens with two attached hydrogens (primary N) is 1. The number of nitrogen functional groups attached to an aromatic ring is 1. The number of carbonyl (C=O) groups excluding carboxylic acids is 1. The van der Waals surface area contributed by atoms with Crippen molar-refractivity contribution in [2.75, 3.05) is 30.8 Å². The Balaban J connectivity index is 1.94. The van der Waals surface area contributed by atoms with Crippen molar-refractivity contribution in [3.63, 3.8) is 0 Å². The highest BCUT2D eigenvalue weighted by Crippen LogP contribution is 2.26. The number of benzene rings is 1. The van der Waals surface area contributed by atoms with Crippen LogP contribution >= 0.6 is 0 Å². The van der Waals surface area contributed by atoms with Gasteiger partial charge in [-0.15, -0.1) is 0 Å². The molecular formula is C19H24N4O2. The molecule has 1 aliphatic rings. The second-order valence-corrected chi connectivity index (χ2v) is 6.39. The Morgan fingerprint density at radius 1 is 1.20 bits per heavy atom. The van der Waals surface area contributed by atoms with Gasteiger partial charge in [0.1, 0.15) is 11.6 Å². The van der Waals surface area contributed by atoms with E-state index < -0.39 is 0 Å². The van der Waals surface area contributed by atoms with Gasteiger partial charge in [0.2, 0.25) is 0 Å². The lowest BCUT2D eigenvalue weighted by Crippen LogP contribution is -2.24. The number of aryl methyl sites for hydroxylation is 1. The molecule has 0 unspecified atom stereocenters. The van der Waals surface area contributed by atoms with Gasteiger partial charge < -0.3 is 15.4 Å². The number of carbonyl (C=O) groups is 1. The molecular weight excluding hydrogens is 316 g/mol. The summed E-state index contributed by atoms with van der Waals surface area (Å²) in [6, 6.07) is 7.75. The summed E-state index contributed by atoms with van der Waals surface area (Å²) in [5.41, 5.74) is 9.31. The maximum absolute atomic E-state index is 11.8. The molecule has 0 aliphatic carbocycles. The first kappa shape index (κ1) is 17.2. The summed E-state index contributed by atoms with van der Waals surface area (Å²) in [6.45, 7) is 3.86. The highest BCUT2D eigenvalue weighted by Gasteiger charge is 2.22. The summed E-state index contributed by atoms with van der Waals surface area (Å²) in [5.74, 6) is 1.37. The second kappa shape index (κ2) is 7.51. The molecule has 0 saturated carbocycles. The lowest BCUT2D eigenvalue weighted by atomic mass is 10.1. The van der Waals surface area contributed by atoms with Crippen LogP contribution in [0.15, 0.2) is 24.3 Å². The molecule has 1 saturated heterocycles. The van der Waals surface area contributed by atoms with Crippen LogP contribution < -0.4 is 10.6 Å². The number of hydrogen-bond donors (Lipinski definition) is 1. The van der Waals surface area contributed by atoms with Gasteiger partial charge in [0.05, 0.1) is 13.5 Å². The maximum atomic E-state index is 11.8. The van der Waals surface area contributed by atoms with Crippen LogP contribution in [-0.4, -0.2) is 36.1 Å². The van der Waals surface area contributed by atoms with Gasteiger partial charge >= 0.3 is 5.97 Å². The zero-order chi connectivity index (χ0) is 17.8. The van der Waals surface area contributed by atoms with Gasteiger partial charge in [0.15, 0.2) is 0 Å². The van der Waals surface area contributed by atoms with Gasteiger partial charge in [0.25, 0.3) is 0 Å². The minimum absolute atomic E-state index is 0.205. The van der Waals surface area contributed by atoms with E-state index >= 15 is 0 Å². The Labute approximate surface area is 148 Å². The number of methoxy groups -OCH3 is 1. The third-order valence-corrected chi connectivity index (χ3v) is 4.53. The molecule has 2 heterocycles. The van der Waals surface area contributed by atoms with E-state index in [-0.39, 0.29) is 12.4 Å². The molecule has 132 valence electrons. The highest BCUT2D eigenvalue weighted by atomic mass is 16.5. The predicted octanol–water partition coefficient (Wildman–Crippen LogP) is 2.27. The highest BCUT2D eigenvalue weighted by molar-refractivity contribution is 5.75. The molecule has 2 aromatic rings. The zero-order valence-electron chi connectivity index (χ0n) is 14.8. The number of hydrogen-bond acceptors (Lipinski definition) is 6. The molecule has 0 atom stereocenters. The zero-order valence-corrected chi connectivity index (χ0v) is 14.8. The van der Waals surface area contributed by atoms with Crippen LogP contribution in [-0.2, 0) is 22.4 Å². The summed E-state index contributed by atoms with van der Waals surface area (Å²) in [7, 11) is 1.41. The number of rotatable bonds is 5. The fourth-order valence-corrected chi connectivity index (χ4v) is 3.15.